The molecule has 188 valence electrons. The SMILES string of the molecule is Cc1ccccc1C(=O)Nc1nnc(CC(=O)N/N=C/c2cccc(OCCOc3ccccc3)c2)s1. The molecule has 1 heterocycles. The maximum atomic E-state index is 12.4. The van der Waals surface area contributed by atoms with Crippen molar-refractivity contribution in [1.82, 2.24) is 15.6 Å². The van der Waals surface area contributed by atoms with E-state index < -0.39 is 0 Å². The van der Waals surface area contributed by atoms with Crippen LogP contribution in [0.1, 0.15) is 26.5 Å². The minimum atomic E-state index is -0.352. The summed E-state index contributed by atoms with van der Waals surface area (Å²) in [6.07, 6.45) is 1.51. The Balaban J connectivity index is 1.21. The quantitative estimate of drug-likeness (QED) is 0.175. The lowest BCUT2D eigenvalue weighted by Crippen LogP contribution is -2.19. The van der Waals surface area contributed by atoms with Gasteiger partial charge in [0.2, 0.25) is 11.0 Å². The number of aryl methyl sites for hydroxylation is 1. The van der Waals surface area contributed by atoms with E-state index in [-0.39, 0.29) is 18.2 Å². The van der Waals surface area contributed by atoms with E-state index in [1.165, 1.54) is 6.21 Å². The molecule has 0 bridgehead atoms. The molecule has 0 aliphatic rings. The van der Waals surface area contributed by atoms with Gasteiger partial charge in [-0.1, -0.05) is 59.9 Å². The first-order chi connectivity index (χ1) is 18.1. The molecule has 2 amide bonds. The Labute approximate surface area is 218 Å². The molecule has 10 heteroatoms. The summed E-state index contributed by atoms with van der Waals surface area (Å²) in [6, 6.07) is 24.1. The second kappa shape index (κ2) is 12.9. The largest absolute Gasteiger partial charge is 0.490 e. The number of rotatable bonds is 11. The molecule has 2 N–H and O–H groups in total. The third-order valence-electron chi connectivity index (χ3n) is 5.01. The number of carbonyl (C=O) groups excluding carboxylic acids is 2. The van der Waals surface area contributed by atoms with Crippen molar-refractivity contribution >= 4 is 34.5 Å². The average molecular weight is 516 g/mol. The number of nitrogens with zero attached hydrogens (tertiary/aromatic N) is 3. The molecule has 0 unspecified atom stereocenters. The van der Waals surface area contributed by atoms with Crippen LogP contribution in [0, 0.1) is 6.92 Å². The highest BCUT2D eigenvalue weighted by Crippen LogP contribution is 2.18. The maximum Gasteiger partial charge on any atom is 0.257 e. The second-order valence-corrected chi connectivity index (χ2v) is 8.88. The van der Waals surface area contributed by atoms with Gasteiger partial charge in [-0.3, -0.25) is 14.9 Å². The minimum absolute atomic E-state index is 0.0141. The number of hydrogen-bond donors (Lipinski definition) is 2. The average Bonchev–Trinajstić information content (AvgIpc) is 3.34. The van der Waals surface area contributed by atoms with Crippen molar-refractivity contribution in [2.45, 2.75) is 13.3 Å². The number of carbonyl (C=O) groups is 2. The Morgan fingerprint density at radius 1 is 0.919 bits per heavy atom. The van der Waals surface area contributed by atoms with E-state index in [4.69, 9.17) is 9.47 Å². The summed E-state index contributed by atoms with van der Waals surface area (Å²) < 4.78 is 11.3. The summed E-state index contributed by atoms with van der Waals surface area (Å²) in [6.45, 7) is 2.67. The van der Waals surface area contributed by atoms with Crippen molar-refractivity contribution in [3.8, 4) is 11.5 Å². The van der Waals surface area contributed by atoms with E-state index in [0.717, 1.165) is 28.2 Å². The molecule has 0 aliphatic heterocycles. The van der Waals surface area contributed by atoms with E-state index in [9.17, 15) is 9.59 Å². The van der Waals surface area contributed by atoms with Gasteiger partial charge in [0, 0.05) is 5.56 Å². The van der Waals surface area contributed by atoms with Crippen molar-refractivity contribution in [3.05, 3.63) is 101 Å². The molecule has 0 radical (unpaired) electrons. The van der Waals surface area contributed by atoms with Crippen LogP contribution in [0.15, 0.2) is 84.0 Å². The van der Waals surface area contributed by atoms with Crippen LogP contribution in [-0.2, 0) is 11.2 Å². The second-order valence-electron chi connectivity index (χ2n) is 7.82. The standard InChI is InChI=1S/C27H25N5O4S/c1-19-8-5-6-13-23(19)26(34)29-27-32-31-25(37-27)17-24(33)30-28-18-20-9-7-12-22(16-20)36-15-14-35-21-10-3-2-4-11-21/h2-13,16,18H,14-15,17H2,1H3,(H,30,33)(H,29,32,34)/b28-18+. The summed E-state index contributed by atoms with van der Waals surface area (Å²) in [4.78, 5) is 24.7. The molecule has 9 nitrogen and oxygen atoms in total. The summed E-state index contributed by atoms with van der Waals surface area (Å²) >= 11 is 1.14. The first-order valence-electron chi connectivity index (χ1n) is 11.5. The highest BCUT2D eigenvalue weighted by Gasteiger charge is 2.13. The summed E-state index contributed by atoms with van der Waals surface area (Å²) in [5, 5.41) is 15.4. The van der Waals surface area contributed by atoms with Gasteiger partial charge in [0.05, 0.1) is 12.6 Å². The summed E-state index contributed by atoms with van der Waals surface area (Å²) in [5.74, 6) is 0.833. The van der Waals surface area contributed by atoms with Gasteiger partial charge in [-0.2, -0.15) is 5.10 Å². The minimum Gasteiger partial charge on any atom is -0.490 e. The fourth-order valence-corrected chi connectivity index (χ4v) is 3.98. The fraction of sp³-hybridized carbons (Fsp3) is 0.148. The molecule has 0 fully saturated rings. The van der Waals surface area contributed by atoms with Crippen LogP contribution >= 0.6 is 11.3 Å². The van der Waals surface area contributed by atoms with E-state index in [1.54, 1.807) is 12.1 Å². The predicted octanol–water partition coefficient (Wildman–Crippen LogP) is 4.25. The molecule has 3 aromatic carbocycles. The Hall–Kier alpha value is -4.57. The van der Waals surface area contributed by atoms with Gasteiger partial charge < -0.3 is 9.47 Å². The highest BCUT2D eigenvalue weighted by molar-refractivity contribution is 7.15. The lowest BCUT2D eigenvalue weighted by molar-refractivity contribution is -0.120. The molecule has 0 aliphatic carbocycles. The van der Waals surface area contributed by atoms with Crippen LogP contribution in [-0.4, -0.2) is 41.4 Å². The molecule has 0 saturated heterocycles. The third-order valence-corrected chi connectivity index (χ3v) is 5.85. The van der Waals surface area contributed by atoms with Crippen molar-refractivity contribution < 1.29 is 19.1 Å². The van der Waals surface area contributed by atoms with Crippen LogP contribution in [0.25, 0.3) is 0 Å². The van der Waals surface area contributed by atoms with Crippen LogP contribution in [0.5, 0.6) is 11.5 Å². The lowest BCUT2D eigenvalue weighted by Gasteiger charge is -2.08. The zero-order valence-electron chi connectivity index (χ0n) is 20.1. The molecule has 37 heavy (non-hydrogen) atoms. The van der Waals surface area contributed by atoms with Gasteiger partial charge in [-0.05, 0) is 48.4 Å². The van der Waals surface area contributed by atoms with Crippen LogP contribution in [0.3, 0.4) is 0 Å². The van der Waals surface area contributed by atoms with Crippen molar-refractivity contribution in [2.75, 3.05) is 18.5 Å². The van der Waals surface area contributed by atoms with Crippen LogP contribution in [0.2, 0.25) is 0 Å². The number of para-hydroxylation sites is 1. The maximum absolute atomic E-state index is 12.4. The number of aromatic nitrogens is 2. The third kappa shape index (κ3) is 7.97. The molecule has 4 aromatic rings. The molecule has 0 saturated carbocycles. The molecule has 0 spiro atoms. The number of anilines is 1. The van der Waals surface area contributed by atoms with Gasteiger partial charge in [0.25, 0.3) is 5.91 Å². The fourth-order valence-electron chi connectivity index (χ4n) is 3.24. The van der Waals surface area contributed by atoms with Gasteiger partial charge in [-0.25, -0.2) is 5.43 Å². The zero-order valence-corrected chi connectivity index (χ0v) is 20.9. The van der Waals surface area contributed by atoms with Crippen molar-refractivity contribution in [2.24, 2.45) is 5.10 Å². The van der Waals surface area contributed by atoms with E-state index in [0.29, 0.717) is 34.7 Å². The monoisotopic (exact) mass is 515 g/mol. The Bertz CT molecular complexity index is 1370. The van der Waals surface area contributed by atoms with Crippen LogP contribution in [0.4, 0.5) is 5.13 Å². The summed E-state index contributed by atoms with van der Waals surface area (Å²) in [5.41, 5.74) is 4.65. The number of ether oxygens (including phenoxy) is 2. The number of hydrazone groups is 1. The van der Waals surface area contributed by atoms with Gasteiger partial charge >= 0.3 is 0 Å². The Morgan fingerprint density at radius 2 is 1.65 bits per heavy atom. The topological polar surface area (TPSA) is 115 Å². The lowest BCUT2D eigenvalue weighted by atomic mass is 10.1. The van der Waals surface area contributed by atoms with Gasteiger partial charge in [0.15, 0.2) is 0 Å². The zero-order chi connectivity index (χ0) is 25.9. The first-order valence-corrected chi connectivity index (χ1v) is 12.3. The van der Waals surface area contributed by atoms with Crippen molar-refractivity contribution in [1.29, 1.82) is 0 Å². The number of hydrogen-bond acceptors (Lipinski definition) is 8. The molecular weight excluding hydrogens is 490 g/mol. The van der Waals surface area contributed by atoms with E-state index in [2.05, 4.69) is 26.0 Å². The van der Waals surface area contributed by atoms with Gasteiger partial charge in [-0.15, -0.1) is 10.2 Å². The normalized spacial score (nSPS) is 10.7. The molecule has 4 rings (SSSR count). The van der Waals surface area contributed by atoms with Crippen molar-refractivity contribution in [3.63, 3.8) is 0 Å². The molecule has 0 atom stereocenters. The van der Waals surface area contributed by atoms with E-state index >= 15 is 0 Å². The first kappa shape index (κ1) is 25.5. The molecular formula is C27H25N5O4S. The summed E-state index contributed by atoms with van der Waals surface area (Å²) in [7, 11) is 0. The highest BCUT2D eigenvalue weighted by atomic mass is 32.1. The molecule has 1 aromatic heterocycles. The number of nitrogens with one attached hydrogen (secondary N) is 2. The predicted molar refractivity (Wildman–Crippen MR) is 142 cm³/mol. The van der Waals surface area contributed by atoms with Crippen LogP contribution < -0.4 is 20.2 Å². The number of benzene rings is 3. The number of amides is 2. The smallest absolute Gasteiger partial charge is 0.257 e. The Kier molecular flexibility index (Phi) is 8.92. The van der Waals surface area contributed by atoms with Gasteiger partial charge in [0.1, 0.15) is 29.7 Å². The van der Waals surface area contributed by atoms with E-state index in [1.807, 2.05) is 73.7 Å². The Morgan fingerprint density at radius 3 is 2.46 bits per heavy atom.